The third-order valence-electron chi connectivity index (χ3n) is 9.49. The largest absolute Gasteiger partial charge is 0.385 e. The maximum absolute atomic E-state index is 14.3. The molecular weight excluding hydrogens is 576 g/mol. The molecule has 0 amide bonds. The number of hydrogen-bond donors (Lipinski definition) is 2. The molecular formula is C33H39F2N9O. The number of anilines is 1. The van der Waals surface area contributed by atoms with Crippen molar-refractivity contribution < 1.29 is 13.5 Å². The number of methoxy groups -OCH3 is 1. The van der Waals surface area contributed by atoms with E-state index in [-0.39, 0.29) is 18.0 Å². The van der Waals surface area contributed by atoms with Crippen LogP contribution < -0.4 is 5.73 Å². The summed E-state index contributed by atoms with van der Waals surface area (Å²) in [6.07, 6.45) is 6.89. The van der Waals surface area contributed by atoms with E-state index in [0.29, 0.717) is 28.9 Å². The van der Waals surface area contributed by atoms with E-state index in [0.717, 1.165) is 93.5 Å². The first-order chi connectivity index (χ1) is 22.0. The fraction of sp³-hybridized carbons (Fsp3) is 0.455. The number of ether oxygens (including phenoxy) is 1. The number of benzene rings is 2. The highest BCUT2D eigenvalue weighted by Gasteiger charge is 2.31. The van der Waals surface area contributed by atoms with Crippen LogP contribution in [0.2, 0.25) is 0 Å². The number of imidazole rings is 1. The van der Waals surface area contributed by atoms with Crippen molar-refractivity contribution in [3.8, 4) is 11.3 Å². The van der Waals surface area contributed by atoms with Crippen LogP contribution in [0.4, 0.5) is 14.6 Å². The molecule has 2 fully saturated rings. The zero-order chi connectivity index (χ0) is 30.9. The second-order valence-corrected chi connectivity index (χ2v) is 12.2. The number of nitrogens with one attached hydrogen (secondary N) is 1. The van der Waals surface area contributed by atoms with Gasteiger partial charge >= 0.3 is 0 Å². The molecule has 1 saturated carbocycles. The van der Waals surface area contributed by atoms with Crippen molar-refractivity contribution in [2.75, 3.05) is 52.2 Å². The monoisotopic (exact) mass is 615 g/mol. The average molecular weight is 616 g/mol. The van der Waals surface area contributed by atoms with E-state index >= 15 is 0 Å². The van der Waals surface area contributed by atoms with Gasteiger partial charge in [0.2, 0.25) is 0 Å². The molecule has 12 heteroatoms. The Morgan fingerprint density at radius 1 is 0.978 bits per heavy atom. The van der Waals surface area contributed by atoms with Crippen molar-refractivity contribution in [2.45, 2.75) is 50.6 Å². The lowest BCUT2D eigenvalue weighted by Crippen LogP contribution is -2.51. The Labute approximate surface area is 260 Å². The first-order valence-corrected chi connectivity index (χ1v) is 15.8. The van der Waals surface area contributed by atoms with Crippen molar-refractivity contribution in [3.63, 3.8) is 0 Å². The smallest absolute Gasteiger partial charge is 0.164 e. The minimum absolute atomic E-state index is 0.0126. The summed E-state index contributed by atoms with van der Waals surface area (Å²) in [5, 5.41) is 5.83. The van der Waals surface area contributed by atoms with E-state index in [2.05, 4.69) is 29.7 Å². The lowest BCUT2D eigenvalue weighted by Gasteiger charge is -2.42. The highest BCUT2D eigenvalue weighted by atomic mass is 19.1. The zero-order valence-electron chi connectivity index (χ0n) is 25.6. The van der Waals surface area contributed by atoms with Gasteiger partial charge in [-0.1, -0.05) is 12.1 Å². The van der Waals surface area contributed by atoms with E-state index < -0.39 is 11.6 Å². The molecule has 0 unspecified atom stereocenters. The zero-order valence-corrected chi connectivity index (χ0v) is 25.6. The summed E-state index contributed by atoms with van der Waals surface area (Å²) in [5.74, 6) is -0.312. The first kappa shape index (κ1) is 29.7. The molecule has 10 nitrogen and oxygen atoms in total. The number of nitrogen functional groups attached to an aromatic ring is 1. The Morgan fingerprint density at radius 2 is 1.73 bits per heavy atom. The third-order valence-corrected chi connectivity index (χ3v) is 9.49. The molecule has 2 aliphatic rings. The van der Waals surface area contributed by atoms with Gasteiger partial charge in [0.25, 0.3) is 0 Å². The number of hydrogen-bond acceptors (Lipinski definition) is 8. The standard InChI is InChI=1S/C33H39F2N9O/c1-45-17-3-12-42-13-15-43(16-14-42)22-7-9-23(10-8-22)44-33-30(32(36)37-20-38-33)31(41-44)21-6-11-27-28(18-21)40-29(39-27)19-24-25(34)4-2-5-26(24)35/h2,4-6,11,18,20,22-23H,3,7-10,12-17,19H2,1H3,(H,39,40)(H2,36,37,38)/t22-,23-. The summed E-state index contributed by atoms with van der Waals surface area (Å²) >= 11 is 0. The van der Waals surface area contributed by atoms with Crippen LogP contribution >= 0.6 is 0 Å². The molecule has 236 valence electrons. The van der Waals surface area contributed by atoms with Gasteiger partial charge in [-0.05, 0) is 56.4 Å². The Bertz CT molecular complexity index is 1770. The Hall–Kier alpha value is -4.00. The van der Waals surface area contributed by atoms with Gasteiger partial charge in [-0.25, -0.2) is 28.4 Å². The number of aromatic nitrogens is 6. The summed E-state index contributed by atoms with van der Waals surface area (Å²) in [4.78, 5) is 22.0. The molecule has 0 spiro atoms. The van der Waals surface area contributed by atoms with Gasteiger partial charge in [-0.3, -0.25) is 4.90 Å². The molecule has 1 aliphatic heterocycles. The second kappa shape index (κ2) is 12.8. The average Bonchev–Trinajstić information content (AvgIpc) is 3.65. The molecule has 0 bridgehead atoms. The second-order valence-electron chi connectivity index (χ2n) is 12.2. The Morgan fingerprint density at radius 3 is 2.49 bits per heavy atom. The van der Waals surface area contributed by atoms with Crippen LogP contribution in [0.5, 0.6) is 0 Å². The van der Waals surface area contributed by atoms with E-state index in [1.54, 1.807) is 7.11 Å². The summed E-state index contributed by atoms with van der Waals surface area (Å²) in [7, 11) is 1.76. The lowest BCUT2D eigenvalue weighted by atomic mass is 9.90. The van der Waals surface area contributed by atoms with Crippen molar-refractivity contribution in [2.24, 2.45) is 0 Å². The molecule has 3 N–H and O–H groups in total. The topological polar surface area (TPSA) is 114 Å². The van der Waals surface area contributed by atoms with Crippen molar-refractivity contribution in [1.29, 1.82) is 0 Å². The van der Waals surface area contributed by atoms with E-state index in [4.69, 9.17) is 15.6 Å². The van der Waals surface area contributed by atoms with Gasteiger partial charge in [0.15, 0.2) is 5.65 Å². The van der Waals surface area contributed by atoms with Gasteiger partial charge in [0.1, 0.15) is 35.3 Å². The van der Waals surface area contributed by atoms with Crippen LogP contribution in [0, 0.1) is 11.6 Å². The van der Waals surface area contributed by atoms with Crippen LogP contribution in [0.1, 0.15) is 49.5 Å². The van der Waals surface area contributed by atoms with Crippen molar-refractivity contribution in [3.05, 3.63) is 65.7 Å². The van der Waals surface area contributed by atoms with Gasteiger partial charge in [0.05, 0.1) is 22.5 Å². The van der Waals surface area contributed by atoms with Crippen LogP contribution in [0.3, 0.4) is 0 Å². The van der Waals surface area contributed by atoms with Gasteiger partial charge < -0.3 is 20.4 Å². The summed E-state index contributed by atoms with van der Waals surface area (Å²) < 4.78 is 35.8. The van der Waals surface area contributed by atoms with Crippen LogP contribution in [-0.4, -0.2) is 92.0 Å². The normalized spacial score (nSPS) is 20.0. The molecule has 0 radical (unpaired) electrons. The molecule has 0 atom stereocenters. The highest BCUT2D eigenvalue weighted by molar-refractivity contribution is 5.99. The highest BCUT2D eigenvalue weighted by Crippen LogP contribution is 2.37. The number of aromatic amines is 1. The Kier molecular flexibility index (Phi) is 8.43. The summed E-state index contributed by atoms with van der Waals surface area (Å²) in [5.41, 5.74) is 10.1. The quantitative estimate of drug-likeness (QED) is 0.224. The third kappa shape index (κ3) is 6.01. The Balaban J connectivity index is 1.09. The number of H-pyrrole nitrogens is 1. The van der Waals surface area contributed by atoms with Crippen molar-refractivity contribution >= 4 is 27.9 Å². The minimum atomic E-state index is -0.589. The van der Waals surface area contributed by atoms with Crippen molar-refractivity contribution in [1.82, 2.24) is 39.5 Å². The molecule has 1 aliphatic carbocycles. The van der Waals surface area contributed by atoms with Crippen LogP contribution in [0.25, 0.3) is 33.3 Å². The molecule has 4 heterocycles. The number of piperazine rings is 1. The van der Waals surface area contributed by atoms with Gasteiger partial charge in [-0.2, -0.15) is 5.10 Å². The molecule has 3 aromatic heterocycles. The number of nitrogens with two attached hydrogens (primary N) is 1. The van der Waals surface area contributed by atoms with Gasteiger partial charge in [0, 0.05) is 70.0 Å². The van der Waals surface area contributed by atoms with Gasteiger partial charge in [-0.15, -0.1) is 0 Å². The molecule has 1 saturated heterocycles. The fourth-order valence-corrected chi connectivity index (χ4v) is 7.06. The minimum Gasteiger partial charge on any atom is -0.385 e. The summed E-state index contributed by atoms with van der Waals surface area (Å²) in [6.45, 7) is 6.41. The SMILES string of the molecule is COCCCN1CCN([C@H]2CC[C@H](n3nc(-c4ccc5[nH]c(Cc6c(F)cccc6F)nc5c4)c4c(N)ncnc43)CC2)CC1. The predicted octanol–water partition coefficient (Wildman–Crippen LogP) is 4.96. The predicted molar refractivity (Wildman–Crippen MR) is 170 cm³/mol. The maximum Gasteiger partial charge on any atom is 0.164 e. The van der Waals surface area contributed by atoms with Crippen LogP contribution in [0.15, 0.2) is 42.7 Å². The van der Waals surface area contributed by atoms with E-state index in [9.17, 15) is 8.78 Å². The molecule has 7 rings (SSSR count). The number of halogens is 2. The molecule has 2 aromatic carbocycles. The first-order valence-electron chi connectivity index (χ1n) is 15.8. The van der Waals surface area contributed by atoms with Crippen LogP contribution in [-0.2, 0) is 11.2 Å². The number of rotatable bonds is 9. The van der Waals surface area contributed by atoms with E-state index in [1.807, 2.05) is 22.9 Å². The maximum atomic E-state index is 14.3. The number of fused-ring (bicyclic) bond motifs is 2. The van der Waals surface area contributed by atoms with E-state index in [1.165, 1.54) is 24.5 Å². The number of nitrogens with zero attached hydrogens (tertiary/aromatic N) is 7. The molecule has 5 aromatic rings. The molecule has 45 heavy (non-hydrogen) atoms. The lowest BCUT2D eigenvalue weighted by molar-refractivity contribution is 0.0662. The fourth-order valence-electron chi connectivity index (χ4n) is 7.06. The summed E-state index contributed by atoms with van der Waals surface area (Å²) in [6, 6.07) is 10.5.